The Morgan fingerprint density at radius 3 is 2.42 bits per heavy atom. The molecule has 4 N–H and O–H groups in total. The molecule has 0 radical (unpaired) electrons. The molecule has 0 aliphatic heterocycles. The molecular weight excluding hydrogens is 458 g/mol. The Bertz CT molecular complexity index is 820. The minimum atomic E-state index is -1.17. The van der Waals surface area contributed by atoms with E-state index in [9.17, 15) is 30.0 Å². The predicted octanol–water partition coefficient (Wildman–Crippen LogP) is 2.26. The molecule has 0 bridgehead atoms. The van der Waals surface area contributed by atoms with Crippen molar-refractivity contribution in [2.75, 3.05) is 6.54 Å². The van der Waals surface area contributed by atoms with Crippen LogP contribution in [-0.2, 0) is 9.59 Å². The lowest BCUT2D eigenvalue weighted by molar-refractivity contribution is -0.305. The van der Waals surface area contributed by atoms with Gasteiger partial charge in [0.25, 0.3) is 0 Å². The van der Waals surface area contributed by atoms with Crippen molar-refractivity contribution in [2.45, 2.75) is 110 Å². The van der Waals surface area contributed by atoms with Gasteiger partial charge in [0.2, 0.25) is 5.91 Å². The first-order chi connectivity index (χ1) is 16.9. The van der Waals surface area contributed by atoms with Crippen LogP contribution >= 0.6 is 0 Å². The van der Waals surface area contributed by atoms with E-state index in [0.29, 0.717) is 25.2 Å². The van der Waals surface area contributed by atoms with Crippen molar-refractivity contribution in [3.8, 4) is 0 Å². The molecule has 206 valence electrons. The molecule has 4 fully saturated rings. The van der Waals surface area contributed by atoms with Gasteiger partial charge in [0, 0.05) is 25.4 Å². The molecule has 4 rings (SSSR count). The Morgan fingerprint density at radius 2 is 1.75 bits per heavy atom. The average molecular weight is 507 g/mol. The maximum absolute atomic E-state index is 12.2. The van der Waals surface area contributed by atoms with Crippen molar-refractivity contribution in [3.63, 3.8) is 0 Å². The zero-order valence-corrected chi connectivity index (χ0v) is 22.6. The zero-order chi connectivity index (χ0) is 26.4. The number of aliphatic hydroxyl groups is 3. The minimum absolute atomic E-state index is 0.0410. The van der Waals surface area contributed by atoms with Crippen LogP contribution in [0.25, 0.3) is 0 Å². The van der Waals surface area contributed by atoms with E-state index in [1.807, 2.05) is 0 Å². The number of hydrogen-bond donors (Lipinski definition) is 4. The van der Waals surface area contributed by atoms with Crippen LogP contribution in [0.15, 0.2) is 0 Å². The van der Waals surface area contributed by atoms with Crippen molar-refractivity contribution in [1.82, 2.24) is 5.32 Å². The Labute approximate surface area is 216 Å². The summed E-state index contributed by atoms with van der Waals surface area (Å²) in [7, 11) is 0. The summed E-state index contributed by atoms with van der Waals surface area (Å²) in [4.78, 5) is 22.8. The number of carboxylic acid groups (broad SMARTS) is 1. The van der Waals surface area contributed by atoms with Crippen LogP contribution in [0.1, 0.15) is 91.9 Å². The topological polar surface area (TPSA) is 130 Å². The standard InChI is InChI=1S/C29H49NO6/c1-5-18-21-14-17(31)10-12-28(21,3)22-15-23(32)29(4)19(7-8-20(29)26(22)27(18)36)16(2)6-9-24(33)30-13-11-25(34)35/h16-23,26-27,31-32,36H,5-15H2,1-4H3,(H,30,33)(H,34,35)/p-1/t16-,17-,18-,19-,20+,21+,22+,23+,26+,27-,28+,29-/m1/s1. The number of aliphatic carboxylic acids is 1. The van der Waals surface area contributed by atoms with Gasteiger partial charge in [-0.05, 0) is 97.2 Å². The first-order valence-corrected chi connectivity index (χ1v) is 14.5. The highest BCUT2D eigenvalue weighted by atomic mass is 16.4. The average Bonchev–Trinajstić information content (AvgIpc) is 3.18. The van der Waals surface area contributed by atoms with Crippen LogP contribution < -0.4 is 10.4 Å². The van der Waals surface area contributed by atoms with Gasteiger partial charge in [0.1, 0.15) is 0 Å². The van der Waals surface area contributed by atoms with Crippen LogP contribution in [-0.4, -0.2) is 52.1 Å². The highest BCUT2D eigenvalue weighted by Gasteiger charge is 2.67. The molecule has 0 unspecified atom stereocenters. The molecular formula is C29H48NO6-. The number of nitrogens with one attached hydrogen (secondary N) is 1. The number of carbonyl (C=O) groups excluding carboxylic acids is 2. The first-order valence-electron chi connectivity index (χ1n) is 14.5. The maximum atomic E-state index is 12.2. The molecule has 0 saturated heterocycles. The van der Waals surface area contributed by atoms with Gasteiger partial charge in [0.15, 0.2) is 0 Å². The second-order valence-electron chi connectivity index (χ2n) is 13.2. The highest BCUT2D eigenvalue weighted by molar-refractivity contribution is 5.76. The molecule has 0 heterocycles. The predicted molar refractivity (Wildman–Crippen MR) is 134 cm³/mol. The Kier molecular flexibility index (Phi) is 8.14. The van der Waals surface area contributed by atoms with Crippen molar-refractivity contribution < 1.29 is 30.0 Å². The monoisotopic (exact) mass is 506 g/mol. The molecule has 4 aliphatic rings. The summed E-state index contributed by atoms with van der Waals surface area (Å²) in [6.07, 6.45) is 5.89. The van der Waals surface area contributed by atoms with Crippen molar-refractivity contribution >= 4 is 11.9 Å². The summed E-state index contributed by atoms with van der Waals surface area (Å²) >= 11 is 0. The summed E-state index contributed by atoms with van der Waals surface area (Å²) in [5.41, 5.74) is -0.248. The van der Waals surface area contributed by atoms with Crippen LogP contribution in [0.5, 0.6) is 0 Å². The fourth-order valence-electron chi connectivity index (χ4n) is 9.84. The Morgan fingerprint density at radius 1 is 1.03 bits per heavy atom. The molecule has 1 amide bonds. The van der Waals surface area contributed by atoms with E-state index in [0.717, 1.165) is 38.5 Å². The molecule has 0 aromatic heterocycles. The minimum Gasteiger partial charge on any atom is -0.550 e. The van der Waals surface area contributed by atoms with Gasteiger partial charge in [0.05, 0.1) is 18.3 Å². The van der Waals surface area contributed by atoms with Crippen molar-refractivity contribution in [2.24, 2.45) is 52.3 Å². The molecule has 0 aromatic carbocycles. The number of amides is 1. The lowest BCUT2D eigenvalue weighted by atomic mass is 9.41. The second kappa shape index (κ2) is 10.5. The molecule has 4 saturated carbocycles. The van der Waals surface area contributed by atoms with Crippen LogP contribution in [0.3, 0.4) is 0 Å². The quantitative estimate of drug-likeness (QED) is 0.400. The SMILES string of the molecule is CC[C@H]1[C@@H](O)[C@@H]2[C@H](C[C@H](O)[C@]3(C)[C@@H]([C@H](C)CCC(=O)NCCC(=O)[O-])CC[C@@H]23)[C@@]2(C)CC[C@@H](O)C[C@@H]12. The van der Waals surface area contributed by atoms with Gasteiger partial charge in [-0.3, -0.25) is 4.79 Å². The van der Waals surface area contributed by atoms with E-state index >= 15 is 0 Å². The summed E-state index contributed by atoms with van der Waals surface area (Å²) in [5.74, 6) is 0.391. The number of carbonyl (C=O) groups is 2. The third-order valence-electron chi connectivity index (χ3n) is 11.7. The van der Waals surface area contributed by atoms with Gasteiger partial charge in [-0.1, -0.05) is 34.1 Å². The zero-order valence-electron chi connectivity index (χ0n) is 22.6. The lowest BCUT2D eigenvalue weighted by Crippen LogP contribution is -2.65. The van der Waals surface area contributed by atoms with Gasteiger partial charge in [-0.25, -0.2) is 0 Å². The maximum Gasteiger partial charge on any atom is 0.220 e. The lowest BCUT2D eigenvalue weighted by Gasteiger charge is -2.65. The Hall–Kier alpha value is -1.18. The number of aliphatic hydroxyl groups excluding tert-OH is 3. The highest BCUT2D eigenvalue weighted by Crippen LogP contribution is 2.69. The number of rotatable bonds is 8. The van der Waals surface area contributed by atoms with Crippen molar-refractivity contribution in [3.05, 3.63) is 0 Å². The Balaban J connectivity index is 1.50. The van der Waals surface area contributed by atoms with Gasteiger partial charge in [-0.2, -0.15) is 0 Å². The van der Waals surface area contributed by atoms with Crippen molar-refractivity contribution in [1.29, 1.82) is 0 Å². The fraction of sp³-hybridized carbons (Fsp3) is 0.931. The molecule has 0 spiro atoms. The van der Waals surface area contributed by atoms with E-state index in [4.69, 9.17) is 0 Å². The van der Waals surface area contributed by atoms with Crippen LogP contribution in [0, 0.1) is 52.3 Å². The third kappa shape index (κ3) is 4.62. The number of fused-ring (bicyclic) bond motifs is 5. The van der Waals surface area contributed by atoms with E-state index < -0.39 is 18.2 Å². The summed E-state index contributed by atoms with van der Waals surface area (Å²) in [6.45, 7) is 9.05. The van der Waals surface area contributed by atoms with E-state index in [1.54, 1.807) is 0 Å². The van der Waals surface area contributed by atoms with Crippen LogP contribution in [0.4, 0.5) is 0 Å². The molecule has 0 aromatic rings. The van der Waals surface area contributed by atoms with E-state index in [2.05, 4.69) is 33.0 Å². The molecule has 4 aliphatic carbocycles. The van der Waals surface area contributed by atoms with E-state index in [1.165, 1.54) is 0 Å². The smallest absolute Gasteiger partial charge is 0.220 e. The summed E-state index contributed by atoms with van der Waals surface area (Å²) in [5, 5.41) is 47.3. The van der Waals surface area contributed by atoms with E-state index in [-0.39, 0.29) is 71.3 Å². The summed E-state index contributed by atoms with van der Waals surface area (Å²) < 4.78 is 0. The number of hydrogen-bond acceptors (Lipinski definition) is 6. The van der Waals surface area contributed by atoms with Gasteiger partial charge >= 0.3 is 0 Å². The molecule has 36 heavy (non-hydrogen) atoms. The first kappa shape index (κ1) is 27.8. The van der Waals surface area contributed by atoms with Crippen LogP contribution in [0.2, 0.25) is 0 Å². The normalized spacial score (nSPS) is 46.8. The second-order valence-corrected chi connectivity index (χ2v) is 13.2. The van der Waals surface area contributed by atoms with Gasteiger partial charge < -0.3 is 30.5 Å². The largest absolute Gasteiger partial charge is 0.550 e. The van der Waals surface area contributed by atoms with Gasteiger partial charge in [-0.15, -0.1) is 0 Å². The fourth-order valence-corrected chi connectivity index (χ4v) is 9.84. The third-order valence-corrected chi connectivity index (χ3v) is 11.7. The molecule has 7 nitrogen and oxygen atoms in total. The summed E-state index contributed by atoms with van der Waals surface area (Å²) in [6, 6.07) is 0. The number of carboxylic acids is 1. The molecule has 7 heteroatoms. The molecule has 12 atom stereocenters.